The van der Waals surface area contributed by atoms with Crippen LogP contribution >= 0.6 is 0 Å². The lowest BCUT2D eigenvalue weighted by Crippen LogP contribution is -2.47. The molecular weight excluding hydrogens is 382 g/mol. The average Bonchev–Trinajstić information content (AvgIpc) is 2.98. The molecule has 2 rings (SSSR count). The maximum atomic E-state index is 13.4. The monoisotopic (exact) mass is 419 g/mol. The maximum Gasteiger partial charge on any atom is 0.416 e. The first-order valence-electron chi connectivity index (χ1n) is 10.6. The van der Waals surface area contributed by atoms with Crippen LogP contribution in [0.3, 0.4) is 0 Å². The molecular formula is C23H37NO4Si. The number of amides is 2. The lowest BCUT2D eigenvalue weighted by molar-refractivity contribution is -0.135. The van der Waals surface area contributed by atoms with Crippen molar-refractivity contribution in [2.75, 3.05) is 13.2 Å². The minimum atomic E-state index is -1.99. The highest BCUT2D eigenvalue weighted by atomic mass is 28.4. The second-order valence-corrected chi connectivity index (χ2v) is 14.8. The van der Waals surface area contributed by atoms with Gasteiger partial charge in [-0.3, -0.25) is 4.79 Å². The Hall–Kier alpha value is -1.66. The third-order valence-corrected chi connectivity index (χ3v) is 10.6. The summed E-state index contributed by atoms with van der Waals surface area (Å²) in [5, 5.41) is 0.0703. The average molecular weight is 420 g/mol. The van der Waals surface area contributed by atoms with E-state index in [-0.39, 0.29) is 29.5 Å². The Bertz CT molecular complexity index is 697. The SMILES string of the molecule is CC(C)C[C@@H](CO[Si](C)(C)C(C)(C)C)C(=O)N1C(=O)OC[C@H]1Cc1ccccc1. The van der Waals surface area contributed by atoms with E-state index in [0.717, 1.165) is 5.56 Å². The van der Waals surface area contributed by atoms with E-state index in [1.54, 1.807) is 0 Å². The summed E-state index contributed by atoms with van der Waals surface area (Å²) < 4.78 is 11.6. The molecule has 162 valence electrons. The molecule has 0 spiro atoms. The van der Waals surface area contributed by atoms with Crippen LogP contribution in [0.1, 0.15) is 46.6 Å². The maximum absolute atomic E-state index is 13.4. The largest absolute Gasteiger partial charge is 0.447 e. The van der Waals surface area contributed by atoms with Gasteiger partial charge in [0.2, 0.25) is 5.91 Å². The van der Waals surface area contributed by atoms with Gasteiger partial charge in [0.05, 0.1) is 12.0 Å². The third-order valence-electron chi connectivity index (χ3n) is 6.07. The zero-order valence-corrected chi connectivity index (χ0v) is 20.0. The minimum Gasteiger partial charge on any atom is -0.447 e. The van der Waals surface area contributed by atoms with Crippen LogP contribution in [0.25, 0.3) is 0 Å². The molecule has 0 radical (unpaired) electrons. The summed E-state index contributed by atoms with van der Waals surface area (Å²) in [5.74, 6) is -0.174. The number of rotatable bonds is 8. The second-order valence-electron chi connectivity index (χ2n) is 10.0. The smallest absolute Gasteiger partial charge is 0.416 e. The van der Waals surface area contributed by atoms with Crippen LogP contribution in [0.2, 0.25) is 18.1 Å². The highest BCUT2D eigenvalue weighted by Gasteiger charge is 2.43. The summed E-state index contributed by atoms with van der Waals surface area (Å²) in [6.45, 7) is 15.7. The Balaban J connectivity index is 2.16. The van der Waals surface area contributed by atoms with Gasteiger partial charge in [-0.25, -0.2) is 9.69 Å². The fourth-order valence-corrected chi connectivity index (χ4v) is 4.35. The van der Waals surface area contributed by atoms with Crippen LogP contribution in [0.15, 0.2) is 30.3 Å². The molecule has 29 heavy (non-hydrogen) atoms. The molecule has 1 aromatic rings. The van der Waals surface area contributed by atoms with Crippen molar-refractivity contribution in [3.8, 4) is 0 Å². The van der Waals surface area contributed by atoms with Gasteiger partial charge in [0.1, 0.15) is 6.61 Å². The van der Waals surface area contributed by atoms with Gasteiger partial charge < -0.3 is 9.16 Å². The van der Waals surface area contributed by atoms with E-state index in [2.05, 4.69) is 47.7 Å². The first kappa shape index (κ1) is 23.6. The Kier molecular flexibility index (Phi) is 7.68. The van der Waals surface area contributed by atoms with E-state index in [1.807, 2.05) is 30.3 Å². The number of cyclic esters (lactones) is 1. The fraction of sp³-hybridized carbons (Fsp3) is 0.652. The molecule has 1 saturated heterocycles. The predicted molar refractivity (Wildman–Crippen MR) is 118 cm³/mol. The van der Waals surface area contributed by atoms with Crippen LogP contribution in [-0.2, 0) is 20.4 Å². The highest BCUT2D eigenvalue weighted by Crippen LogP contribution is 2.37. The second kappa shape index (κ2) is 9.43. The highest BCUT2D eigenvalue weighted by molar-refractivity contribution is 6.74. The normalized spacial score (nSPS) is 18.8. The Labute approximate surface area is 176 Å². The number of ether oxygens (including phenoxy) is 1. The van der Waals surface area contributed by atoms with Gasteiger partial charge in [-0.05, 0) is 42.5 Å². The lowest BCUT2D eigenvalue weighted by Gasteiger charge is -2.37. The molecule has 0 aliphatic carbocycles. The molecule has 5 nitrogen and oxygen atoms in total. The summed E-state index contributed by atoms with van der Waals surface area (Å²) in [6.07, 6.45) is 0.766. The van der Waals surface area contributed by atoms with Crippen molar-refractivity contribution in [2.45, 2.75) is 71.6 Å². The summed E-state index contributed by atoms with van der Waals surface area (Å²) in [7, 11) is -1.99. The van der Waals surface area contributed by atoms with Crippen LogP contribution in [0.4, 0.5) is 4.79 Å². The van der Waals surface area contributed by atoms with Gasteiger partial charge in [-0.15, -0.1) is 0 Å². The van der Waals surface area contributed by atoms with Gasteiger partial charge >= 0.3 is 6.09 Å². The van der Waals surface area contributed by atoms with Crippen LogP contribution in [0.5, 0.6) is 0 Å². The van der Waals surface area contributed by atoms with E-state index >= 15 is 0 Å². The molecule has 6 heteroatoms. The molecule has 1 heterocycles. The van der Waals surface area contributed by atoms with Crippen LogP contribution in [-0.4, -0.2) is 44.5 Å². The molecule has 1 aliphatic rings. The molecule has 2 amide bonds. The first-order valence-corrected chi connectivity index (χ1v) is 13.5. The standard InChI is InChI=1S/C23H37NO4Si/c1-17(2)13-19(15-28-29(6,7)23(3,4)5)21(25)24-20(16-27-22(24)26)14-18-11-9-8-10-12-18/h8-12,17,19-20H,13-16H2,1-7H3/t19-,20+/m0/s1. The molecule has 0 saturated carbocycles. The molecule has 0 unspecified atom stereocenters. The summed E-state index contributed by atoms with van der Waals surface area (Å²) in [5.41, 5.74) is 1.09. The minimum absolute atomic E-state index is 0.0703. The Morgan fingerprint density at radius 2 is 1.86 bits per heavy atom. The van der Waals surface area contributed by atoms with E-state index in [4.69, 9.17) is 9.16 Å². The zero-order chi connectivity index (χ0) is 21.8. The predicted octanol–water partition coefficient (Wildman–Crippen LogP) is 5.26. The van der Waals surface area contributed by atoms with Crippen molar-refractivity contribution in [1.29, 1.82) is 0 Å². The van der Waals surface area contributed by atoms with Gasteiger partial charge in [0.25, 0.3) is 0 Å². The van der Waals surface area contributed by atoms with E-state index in [0.29, 0.717) is 25.4 Å². The van der Waals surface area contributed by atoms with Crippen molar-refractivity contribution in [3.05, 3.63) is 35.9 Å². The molecule has 0 bridgehead atoms. The number of imide groups is 1. The topological polar surface area (TPSA) is 55.8 Å². The van der Waals surface area contributed by atoms with Gasteiger partial charge in [0, 0.05) is 6.61 Å². The number of carbonyl (C=O) groups is 2. The van der Waals surface area contributed by atoms with Gasteiger partial charge in [-0.1, -0.05) is 65.0 Å². The Morgan fingerprint density at radius 3 is 2.41 bits per heavy atom. The van der Waals surface area contributed by atoms with E-state index in [9.17, 15) is 9.59 Å². The summed E-state index contributed by atoms with van der Waals surface area (Å²) >= 11 is 0. The van der Waals surface area contributed by atoms with Crippen molar-refractivity contribution in [2.24, 2.45) is 11.8 Å². The number of nitrogens with zero attached hydrogens (tertiary/aromatic N) is 1. The lowest BCUT2D eigenvalue weighted by atomic mass is 9.95. The van der Waals surface area contributed by atoms with Crippen molar-refractivity contribution in [3.63, 3.8) is 0 Å². The first-order chi connectivity index (χ1) is 13.4. The van der Waals surface area contributed by atoms with Crippen LogP contribution in [0, 0.1) is 11.8 Å². The van der Waals surface area contributed by atoms with Gasteiger partial charge in [-0.2, -0.15) is 0 Å². The van der Waals surface area contributed by atoms with Crippen molar-refractivity contribution < 1.29 is 18.8 Å². The number of hydrogen-bond donors (Lipinski definition) is 0. The zero-order valence-electron chi connectivity index (χ0n) is 19.0. The fourth-order valence-electron chi connectivity index (χ4n) is 3.30. The van der Waals surface area contributed by atoms with Gasteiger partial charge in [0.15, 0.2) is 8.32 Å². The molecule has 1 aromatic carbocycles. The number of carbonyl (C=O) groups excluding carboxylic acids is 2. The molecule has 0 aromatic heterocycles. The van der Waals surface area contributed by atoms with Crippen molar-refractivity contribution in [1.82, 2.24) is 4.90 Å². The van der Waals surface area contributed by atoms with E-state index in [1.165, 1.54) is 4.90 Å². The molecule has 0 N–H and O–H groups in total. The molecule has 1 aliphatic heterocycles. The summed E-state index contributed by atoms with van der Waals surface area (Å²) in [4.78, 5) is 27.2. The molecule has 2 atom stereocenters. The molecule has 1 fully saturated rings. The quantitative estimate of drug-likeness (QED) is 0.539. The van der Waals surface area contributed by atoms with E-state index < -0.39 is 14.4 Å². The van der Waals surface area contributed by atoms with Crippen molar-refractivity contribution >= 4 is 20.3 Å². The Morgan fingerprint density at radius 1 is 1.24 bits per heavy atom. The number of benzene rings is 1. The summed E-state index contributed by atoms with van der Waals surface area (Å²) in [6, 6.07) is 9.65. The third kappa shape index (κ3) is 6.16. The number of hydrogen-bond acceptors (Lipinski definition) is 4. The van der Waals surface area contributed by atoms with Crippen LogP contribution < -0.4 is 0 Å².